The molecule has 0 aromatic heterocycles. The van der Waals surface area contributed by atoms with E-state index in [0.29, 0.717) is 50.4 Å². The summed E-state index contributed by atoms with van der Waals surface area (Å²) in [6, 6.07) is 15.0. The van der Waals surface area contributed by atoms with Crippen LogP contribution in [0.3, 0.4) is 0 Å². The summed E-state index contributed by atoms with van der Waals surface area (Å²) >= 11 is 0. The zero-order valence-corrected chi connectivity index (χ0v) is 20.3. The molecule has 1 saturated heterocycles. The van der Waals surface area contributed by atoms with Gasteiger partial charge in [0.05, 0.1) is 5.41 Å². The van der Waals surface area contributed by atoms with E-state index in [1.54, 1.807) is 0 Å². The number of ether oxygens (including phenoxy) is 1. The number of likely N-dealkylation sites (tertiary alicyclic amines) is 1. The normalized spacial score (nSPS) is 18.4. The molecule has 36 heavy (non-hydrogen) atoms. The highest BCUT2D eigenvalue weighted by molar-refractivity contribution is 5.95. The van der Waals surface area contributed by atoms with Gasteiger partial charge in [0, 0.05) is 19.1 Å². The molecule has 1 heterocycles. The maximum absolute atomic E-state index is 13.5. The Morgan fingerprint density at radius 1 is 1.06 bits per heavy atom. The van der Waals surface area contributed by atoms with Crippen molar-refractivity contribution in [3.8, 4) is 5.75 Å². The van der Waals surface area contributed by atoms with Crippen molar-refractivity contribution in [1.29, 1.82) is 0 Å². The number of hydrogen-bond acceptors (Lipinski definition) is 4. The molecular formula is C27H32F3N3O3. The van der Waals surface area contributed by atoms with Crippen LogP contribution in [0.25, 0.3) is 0 Å². The third kappa shape index (κ3) is 6.37. The zero-order valence-electron chi connectivity index (χ0n) is 20.3. The zero-order chi connectivity index (χ0) is 25.8. The Labute approximate surface area is 209 Å². The van der Waals surface area contributed by atoms with Gasteiger partial charge < -0.3 is 20.3 Å². The molecule has 0 radical (unpaired) electrons. The van der Waals surface area contributed by atoms with Crippen LogP contribution in [0.2, 0.25) is 0 Å². The number of piperidine rings is 1. The summed E-state index contributed by atoms with van der Waals surface area (Å²) in [6.45, 7) is 1.27. The second-order valence-electron chi connectivity index (χ2n) is 9.59. The Bertz CT molecular complexity index is 1030. The van der Waals surface area contributed by atoms with Gasteiger partial charge in [-0.2, -0.15) is 0 Å². The lowest BCUT2D eigenvalue weighted by atomic mass is 9.93. The highest BCUT2D eigenvalue weighted by Gasteiger charge is 2.52. The number of rotatable bonds is 9. The molecule has 1 aliphatic carbocycles. The lowest BCUT2D eigenvalue weighted by Gasteiger charge is -2.34. The largest absolute Gasteiger partial charge is 0.573 e. The van der Waals surface area contributed by atoms with Crippen LogP contribution in [0.15, 0.2) is 54.6 Å². The number of alkyl halides is 3. The summed E-state index contributed by atoms with van der Waals surface area (Å²) in [4.78, 5) is 28.8. The van der Waals surface area contributed by atoms with Gasteiger partial charge in [-0.1, -0.05) is 42.5 Å². The quantitative estimate of drug-likeness (QED) is 0.544. The van der Waals surface area contributed by atoms with Crippen molar-refractivity contribution < 1.29 is 27.5 Å². The monoisotopic (exact) mass is 503 g/mol. The molecule has 1 aliphatic heterocycles. The molecule has 9 heteroatoms. The summed E-state index contributed by atoms with van der Waals surface area (Å²) in [7, 11) is 1.92. The van der Waals surface area contributed by atoms with E-state index < -0.39 is 17.8 Å². The Morgan fingerprint density at radius 3 is 2.25 bits per heavy atom. The third-order valence-electron chi connectivity index (χ3n) is 7.21. The van der Waals surface area contributed by atoms with Crippen molar-refractivity contribution in [3.05, 3.63) is 65.7 Å². The summed E-state index contributed by atoms with van der Waals surface area (Å²) in [6.07, 6.45) is -0.799. The maximum atomic E-state index is 13.5. The van der Waals surface area contributed by atoms with E-state index in [-0.39, 0.29) is 17.6 Å². The molecule has 2 aromatic carbocycles. The average Bonchev–Trinajstić information content (AvgIpc) is 3.68. The lowest BCUT2D eigenvalue weighted by Crippen LogP contribution is -2.54. The van der Waals surface area contributed by atoms with Gasteiger partial charge in [0.25, 0.3) is 0 Å². The van der Waals surface area contributed by atoms with Crippen molar-refractivity contribution in [2.24, 2.45) is 0 Å². The predicted molar refractivity (Wildman–Crippen MR) is 129 cm³/mol. The Morgan fingerprint density at radius 2 is 1.69 bits per heavy atom. The minimum atomic E-state index is -4.77. The minimum Gasteiger partial charge on any atom is -0.406 e. The van der Waals surface area contributed by atoms with Crippen LogP contribution in [0.4, 0.5) is 13.2 Å². The van der Waals surface area contributed by atoms with Crippen LogP contribution in [-0.2, 0) is 21.4 Å². The molecule has 6 nitrogen and oxygen atoms in total. The third-order valence-corrected chi connectivity index (χ3v) is 7.21. The van der Waals surface area contributed by atoms with Crippen molar-refractivity contribution in [2.75, 3.05) is 20.1 Å². The van der Waals surface area contributed by atoms with Crippen LogP contribution in [0, 0.1) is 0 Å². The molecular weight excluding hydrogens is 471 g/mol. The van der Waals surface area contributed by atoms with Crippen LogP contribution in [0.1, 0.15) is 43.2 Å². The predicted octanol–water partition coefficient (Wildman–Crippen LogP) is 3.94. The van der Waals surface area contributed by atoms with Gasteiger partial charge in [-0.05, 0) is 68.8 Å². The van der Waals surface area contributed by atoms with Gasteiger partial charge in [-0.15, -0.1) is 13.2 Å². The molecule has 2 fully saturated rings. The van der Waals surface area contributed by atoms with Crippen molar-refractivity contribution in [3.63, 3.8) is 0 Å². The topological polar surface area (TPSA) is 70.7 Å². The van der Waals surface area contributed by atoms with E-state index >= 15 is 0 Å². The number of nitrogens with one attached hydrogen (secondary N) is 2. The van der Waals surface area contributed by atoms with Crippen molar-refractivity contribution in [2.45, 2.75) is 62.4 Å². The van der Waals surface area contributed by atoms with E-state index in [1.165, 1.54) is 24.3 Å². The summed E-state index contributed by atoms with van der Waals surface area (Å²) in [5.41, 5.74) is 0.875. The maximum Gasteiger partial charge on any atom is 0.573 e. The number of carbonyl (C=O) groups is 2. The molecule has 2 amide bonds. The standard InChI is InChI=1S/C27H32F3N3O3/c1-31-21-13-17-33(18-14-21)24(34)23(12-7-19-5-3-2-4-6-19)32-25(35)26(15-16-26)20-8-10-22(11-9-20)36-27(28,29)30/h2-6,8-11,21,23,31H,7,12-18H2,1H3,(H,32,35)/t23-/m0/s1. The van der Waals surface area contributed by atoms with E-state index in [0.717, 1.165) is 18.4 Å². The number of amides is 2. The van der Waals surface area contributed by atoms with Crippen LogP contribution < -0.4 is 15.4 Å². The first kappa shape index (κ1) is 26.0. The second kappa shape index (κ2) is 10.9. The molecule has 2 aliphatic rings. The van der Waals surface area contributed by atoms with Gasteiger partial charge in [0.1, 0.15) is 11.8 Å². The number of carbonyl (C=O) groups excluding carboxylic acids is 2. The first-order chi connectivity index (χ1) is 17.2. The Balaban J connectivity index is 1.46. The van der Waals surface area contributed by atoms with Gasteiger partial charge in [-0.3, -0.25) is 9.59 Å². The van der Waals surface area contributed by atoms with Crippen molar-refractivity contribution in [1.82, 2.24) is 15.5 Å². The van der Waals surface area contributed by atoms with Gasteiger partial charge in [0.15, 0.2) is 0 Å². The first-order valence-electron chi connectivity index (χ1n) is 12.4. The molecule has 2 N–H and O–H groups in total. The number of nitrogens with zero attached hydrogens (tertiary/aromatic N) is 1. The first-order valence-corrected chi connectivity index (χ1v) is 12.4. The fourth-order valence-corrected chi connectivity index (χ4v) is 4.87. The Hall–Kier alpha value is -3.07. The summed E-state index contributed by atoms with van der Waals surface area (Å²) in [5.74, 6) is -0.676. The fourth-order valence-electron chi connectivity index (χ4n) is 4.87. The van der Waals surface area contributed by atoms with Gasteiger partial charge in [0.2, 0.25) is 11.8 Å². The number of hydrogen-bond donors (Lipinski definition) is 2. The van der Waals surface area contributed by atoms with Gasteiger partial charge in [-0.25, -0.2) is 0 Å². The fraction of sp³-hybridized carbons (Fsp3) is 0.481. The van der Waals surface area contributed by atoms with Crippen LogP contribution >= 0.6 is 0 Å². The molecule has 0 unspecified atom stereocenters. The average molecular weight is 504 g/mol. The summed E-state index contributed by atoms with van der Waals surface area (Å²) in [5, 5.41) is 6.26. The SMILES string of the molecule is CNC1CCN(C(=O)[C@H](CCc2ccccc2)NC(=O)C2(c3ccc(OC(F)(F)F)cc3)CC2)CC1. The van der Waals surface area contributed by atoms with Gasteiger partial charge >= 0.3 is 6.36 Å². The van der Waals surface area contributed by atoms with Crippen molar-refractivity contribution >= 4 is 11.8 Å². The molecule has 0 spiro atoms. The Kier molecular flexibility index (Phi) is 7.88. The molecule has 0 bridgehead atoms. The molecule has 2 aromatic rings. The highest BCUT2D eigenvalue weighted by Crippen LogP contribution is 2.49. The minimum absolute atomic E-state index is 0.0847. The number of benzene rings is 2. The molecule has 1 saturated carbocycles. The van der Waals surface area contributed by atoms with E-state index in [1.807, 2.05) is 42.3 Å². The van der Waals surface area contributed by atoms with E-state index in [2.05, 4.69) is 15.4 Å². The lowest BCUT2D eigenvalue weighted by molar-refractivity contribution is -0.274. The van der Waals surface area contributed by atoms with E-state index in [9.17, 15) is 22.8 Å². The van der Waals surface area contributed by atoms with Crippen LogP contribution in [-0.4, -0.2) is 55.3 Å². The van der Waals surface area contributed by atoms with Crippen LogP contribution in [0.5, 0.6) is 5.75 Å². The number of aryl methyl sites for hydroxylation is 1. The molecule has 4 rings (SSSR count). The molecule has 1 atom stereocenters. The second-order valence-corrected chi connectivity index (χ2v) is 9.59. The van der Waals surface area contributed by atoms with E-state index in [4.69, 9.17) is 0 Å². The number of halogens is 3. The summed E-state index contributed by atoms with van der Waals surface area (Å²) < 4.78 is 41.4. The molecule has 194 valence electrons. The highest BCUT2D eigenvalue weighted by atomic mass is 19.4. The smallest absolute Gasteiger partial charge is 0.406 e.